The summed E-state index contributed by atoms with van der Waals surface area (Å²) in [6.07, 6.45) is -4.46. The molecular formula is C11H12F3NO. The number of rotatable bonds is 2. The van der Waals surface area contributed by atoms with Gasteiger partial charge in [-0.2, -0.15) is 13.2 Å². The van der Waals surface area contributed by atoms with Gasteiger partial charge in [-0.25, -0.2) is 0 Å². The zero-order valence-electron chi connectivity index (χ0n) is 8.93. The molecule has 0 aliphatic heterocycles. The van der Waals surface area contributed by atoms with E-state index in [2.05, 4.69) is 0 Å². The number of Topliss-reactive ketones (excluding diaryl/α,β-unsaturated/α-hetero) is 1. The number of anilines is 1. The summed E-state index contributed by atoms with van der Waals surface area (Å²) in [5.41, 5.74) is 4.64. The first kappa shape index (κ1) is 12.5. The molecule has 1 aromatic rings. The molecule has 0 amide bonds. The molecule has 0 spiro atoms. The Balaban J connectivity index is 3.25. The van der Waals surface area contributed by atoms with Gasteiger partial charge in [0, 0.05) is 17.2 Å². The largest absolute Gasteiger partial charge is 0.416 e. The third-order valence-electron chi connectivity index (χ3n) is 2.17. The highest BCUT2D eigenvalue weighted by atomic mass is 19.4. The number of hydrogen-bond donors (Lipinski definition) is 1. The molecular weight excluding hydrogens is 219 g/mol. The minimum Gasteiger partial charge on any atom is -0.398 e. The summed E-state index contributed by atoms with van der Waals surface area (Å²) >= 11 is 0. The Morgan fingerprint density at radius 3 is 2.31 bits per heavy atom. The van der Waals surface area contributed by atoms with E-state index in [1.54, 1.807) is 13.8 Å². The van der Waals surface area contributed by atoms with Gasteiger partial charge in [-0.3, -0.25) is 4.79 Å². The second-order valence-corrected chi connectivity index (χ2v) is 3.82. The van der Waals surface area contributed by atoms with E-state index in [0.717, 1.165) is 18.2 Å². The molecule has 0 heterocycles. The smallest absolute Gasteiger partial charge is 0.398 e. The molecule has 2 N–H and O–H groups in total. The first-order valence-electron chi connectivity index (χ1n) is 4.74. The van der Waals surface area contributed by atoms with Crippen LogP contribution in [0.3, 0.4) is 0 Å². The summed E-state index contributed by atoms with van der Waals surface area (Å²) in [6.45, 7) is 3.23. The normalized spacial score (nSPS) is 11.9. The van der Waals surface area contributed by atoms with Crippen LogP contribution in [0.2, 0.25) is 0 Å². The van der Waals surface area contributed by atoms with Crippen LogP contribution in [-0.4, -0.2) is 5.78 Å². The highest BCUT2D eigenvalue weighted by Gasteiger charge is 2.31. The van der Waals surface area contributed by atoms with Crippen LogP contribution >= 0.6 is 0 Å². The summed E-state index contributed by atoms with van der Waals surface area (Å²) < 4.78 is 37.2. The van der Waals surface area contributed by atoms with Gasteiger partial charge < -0.3 is 5.73 Å². The molecule has 16 heavy (non-hydrogen) atoms. The third kappa shape index (κ3) is 2.53. The number of carbonyl (C=O) groups excluding carboxylic acids is 1. The minimum atomic E-state index is -4.46. The molecule has 2 nitrogen and oxygen atoms in total. The predicted molar refractivity (Wildman–Crippen MR) is 55.0 cm³/mol. The van der Waals surface area contributed by atoms with E-state index in [9.17, 15) is 18.0 Å². The van der Waals surface area contributed by atoms with Crippen molar-refractivity contribution in [1.29, 1.82) is 0 Å². The SMILES string of the molecule is CC(C)C(=O)c1cc(C(F)(F)F)ccc1N. The maximum absolute atomic E-state index is 12.4. The maximum Gasteiger partial charge on any atom is 0.416 e. The fourth-order valence-electron chi connectivity index (χ4n) is 1.26. The van der Waals surface area contributed by atoms with Crippen LogP contribution in [0.1, 0.15) is 29.8 Å². The molecule has 0 aliphatic carbocycles. The number of ketones is 1. The Labute approximate surface area is 91.3 Å². The topological polar surface area (TPSA) is 43.1 Å². The summed E-state index contributed by atoms with van der Waals surface area (Å²) in [7, 11) is 0. The molecule has 0 radical (unpaired) electrons. The molecule has 0 saturated heterocycles. The van der Waals surface area contributed by atoms with Gasteiger partial charge in [0.2, 0.25) is 0 Å². The van der Waals surface area contributed by atoms with E-state index in [1.807, 2.05) is 0 Å². The van der Waals surface area contributed by atoms with Gasteiger partial charge in [-0.05, 0) is 18.2 Å². The van der Waals surface area contributed by atoms with E-state index in [0.29, 0.717) is 0 Å². The monoisotopic (exact) mass is 231 g/mol. The maximum atomic E-state index is 12.4. The molecule has 0 saturated carbocycles. The number of carbonyl (C=O) groups is 1. The second kappa shape index (κ2) is 4.15. The molecule has 0 atom stereocenters. The molecule has 0 fully saturated rings. The van der Waals surface area contributed by atoms with Gasteiger partial charge in [-0.15, -0.1) is 0 Å². The van der Waals surface area contributed by atoms with Gasteiger partial charge in [0.1, 0.15) is 0 Å². The Bertz CT molecular complexity index is 410. The molecule has 1 rings (SSSR count). The highest BCUT2D eigenvalue weighted by molar-refractivity contribution is 6.02. The quantitative estimate of drug-likeness (QED) is 0.627. The summed E-state index contributed by atoms with van der Waals surface area (Å²) in [6, 6.07) is 2.78. The molecule has 0 bridgehead atoms. The number of halogens is 3. The Kier molecular flexibility index (Phi) is 3.26. The number of hydrogen-bond acceptors (Lipinski definition) is 2. The third-order valence-corrected chi connectivity index (χ3v) is 2.17. The van der Waals surface area contributed by atoms with Gasteiger partial charge in [-0.1, -0.05) is 13.8 Å². The standard InChI is InChI=1S/C11H12F3NO/c1-6(2)10(16)8-5-7(11(12,13)14)3-4-9(8)15/h3-6H,15H2,1-2H3. The van der Waals surface area contributed by atoms with Crippen molar-refractivity contribution in [3.05, 3.63) is 29.3 Å². The molecule has 88 valence electrons. The number of alkyl halides is 3. The van der Waals surface area contributed by atoms with Crippen molar-refractivity contribution in [1.82, 2.24) is 0 Å². The highest BCUT2D eigenvalue weighted by Crippen LogP contribution is 2.31. The summed E-state index contributed by atoms with van der Waals surface area (Å²) in [5, 5.41) is 0. The van der Waals surface area contributed by atoms with Crippen LogP contribution in [0.15, 0.2) is 18.2 Å². The van der Waals surface area contributed by atoms with E-state index < -0.39 is 11.7 Å². The number of benzene rings is 1. The fourth-order valence-corrected chi connectivity index (χ4v) is 1.26. The van der Waals surface area contributed by atoms with Crippen LogP contribution in [0.25, 0.3) is 0 Å². The molecule has 0 aromatic heterocycles. The van der Waals surface area contributed by atoms with Gasteiger partial charge >= 0.3 is 6.18 Å². The van der Waals surface area contributed by atoms with Crippen molar-refractivity contribution in [2.75, 3.05) is 5.73 Å². The zero-order chi connectivity index (χ0) is 12.5. The van der Waals surface area contributed by atoms with Crippen LogP contribution in [0, 0.1) is 5.92 Å². The second-order valence-electron chi connectivity index (χ2n) is 3.82. The Morgan fingerprint density at radius 1 is 1.31 bits per heavy atom. The minimum absolute atomic E-state index is 0.0650. The average Bonchev–Trinajstić information content (AvgIpc) is 2.15. The van der Waals surface area contributed by atoms with Crippen LogP contribution in [0.5, 0.6) is 0 Å². The van der Waals surface area contributed by atoms with E-state index >= 15 is 0 Å². The van der Waals surface area contributed by atoms with E-state index in [1.165, 1.54) is 0 Å². The lowest BCUT2D eigenvalue weighted by Crippen LogP contribution is -2.13. The van der Waals surface area contributed by atoms with Crippen molar-refractivity contribution < 1.29 is 18.0 Å². The first-order valence-corrected chi connectivity index (χ1v) is 4.74. The van der Waals surface area contributed by atoms with Gasteiger partial charge in [0.05, 0.1) is 5.56 Å². The van der Waals surface area contributed by atoms with Crippen LogP contribution in [-0.2, 0) is 6.18 Å². The average molecular weight is 231 g/mol. The van der Waals surface area contributed by atoms with Gasteiger partial charge in [0.25, 0.3) is 0 Å². The number of nitrogen functional groups attached to an aromatic ring is 1. The summed E-state index contributed by atoms with van der Waals surface area (Å²) in [4.78, 5) is 11.6. The number of nitrogens with two attached hydrogens (primary N) is 1. The molecule has 1 aromatic carbocycles. The van der Waals surface area contributed by atoms with Crippen molar-refractivity contribution in [2.24, 2.45) is 5.92 Å². The van der Waals surface area contributed by atoms with Crippen molar-refractivity contribution in [3.63, 3.8) is 0 Å². The first-order chi connectivity index (χ1) is 7.23. The van der Waals surface area contributed by atoms with Crippen molar-refractivity contribution >= 4 is 11.5 Å². The molecule has 5 heteroatoms. The van der Waals surface area contributed by atoms with Crippen LogP contribution in [0.4, 0.5) is 18.9 Å². The fraction of sp³-hybridized carbons (Fsp3) is 0.364. The van der Waals surface area contributed by atoms with Gasteiger partial charge in [0.15, 0.2) is 5.78 Å². The van der Waals surface area contributed by atoms with Crippen molar-refractivity contribution in [2.45, 2.75) is 20.0 Å². The van der Waals surface area contributed by atoms with Crippen LogP contribution < -0.4 is 5.73 Å². The van der Waals surface area contributed by atoms with E-state index in [-0.39, 0.29) is 23.0 Å². The van der Waals surface area contributed by atoms with Crippen molar-refractivity contribution in [3.8, 4) is 0 Å². The lowest BCUT2D eigenvalue weighted by molar-refractivity contribution is -0.137. The molecule has 0 unspecified atom stereocenters. The summed E-state index contributed by atoms with van der Waals surface area (Å²) in [5.74, 6) is -0.769. The molecule has 0 aliphatic rings. The van der Waals surface area contributed by atoms with E-state index in [4.69, 9.17) is 5.73 Å². The predicted octanol–water partition coefficient (Wildman–Crippen LogP) is 3.13. The lowest BCUT2D eigenvalue weighted by atomic mass is 9.97. The zero-order valence-corrected chi connectivity index (χ0v) is 8.93. The lowest BCUT2D eigenvalue weighted by Gasteiger charge is -2.11. The Morgan fingerprint density at radius 2 is 1.88 bits per heavy atom. The Hall–Kier alpha value is -1.52.